The molecule has 6 heteroatoms. The van der Waals surface area contributed by atoms with Crippen LogP contribution in [0.5, 0.6) is 0 Å². The van der Waals surface area contributed by atoms with Crippen molar-refractivity contribution in [3.05, 3.63) is 40.6 Å². The van der Waals surface area contributed by atoms with Crippen LogP contribution in [0.25, 0.3) is 0 Å². The number of hydrogen-bond acceptors (Lipinski definition) is 3. The van der Waals surface area contributed by atoms with Crippen molar-refractivity contribution >= 4 is 34.8 Å². The number of benzene rings is 1. The highest BCUT2D eigenvalue weighted by molar-refractivity contribution is 6.43. The average molecular weight is 300 g/mol. The maximum absolute atomic E-state index is 6.15. The lowest BCUT2D eigenvalue weighted by atomic mass is 10.3. The molecule has 1 aromatic carbocycles. The van der Waals surface area contributed by atoms with Crippen LogP contribution in [-0.2, 0) is 4.74 Å². The monoisotopic (exact) mass is 299 g/mol. The maximum Gasteiger partial charge on any atom is 0.207 e. The van der Waals surface area contributed by atoms with Crippen molar-refractivity contribution in [2.75, 3.05) is 19.0 Å². The van der Waals surface area contributed by atoms with E-state index in [1.54, 1.807) is 19.4 Å². The lowest BCUT2D eigenvalue weighted by Gasteiger charge is -2.16. The van der Waals surface area contributed by atoms with E-state index < -0.39 is 0 Å². The summed E-state index contributed by atoms with van der Waals surface area (Å²) in [6.45, 7) is 2.66. The highest BCUT2D eigenvalue weighted by atomic mass is 35.5. The smallest absolute Gasteiger partial charge is 0.207 e. The Labute approximate surface area is 122 Å². The van der Waals surface area contributed by atoms with Gasteiger partial charge in [0.1, 0.15) is 0 Å². The van der Waals surface area contributed by atoms with Crippen LogP contribution in [0.15, 0.2) is 30.6 Å². The van der Waals surface area contributed by atoms with E-state index in [0.29, 0.717) is 22.6 Å². The first kappa shape index (κ1) is 14.2. The van der Waals surface area contributed by atoms with Crippen molar-refractivity contribution in [1.29, 1.82) is 0 Å². The number of halogens is 2. The summed E-state index contributed by atoms with van der Waals surface area (Å²) < 4.78 is 7.14. The number of ether oxygens (including phenoxy) is 1. The van der Waals surface area contributed by atoms with Crippen molar-refractivity contribution in [2.24, 2.45) is 0 Å². The molecule has 4 nitrogen and oxygen atoms in total. The predicted octanol–water partition coefficient (Wildman–Crippen LogP) is 4.14. The van der Waals surface area contributed by atoms with Crippen molar-refractivity contribution in [3.8, 4) is 0 Å². The van der Waals surface area contributed by atoms with Crippen LogP contribution in [-0.4, -0.2) is 23.3 Å². The normalized spacial score (nSPS) is 12.4. The minimum atomic E-state index is 0.174. The molecule has 0 spiro atoms. The Morgan fingerprint density at radius 3 is 2.95 bits per heavy atom. The molecule has 2 aromatic rings. The molecular weight excluding hydrogens is 285 g/mol. The Bertz CT molecular complexity index is 557. The molecule has 0 aliphatic rings. The van der Waals surface area contributed by atoms with E-state index in [9.17, 15) is 0 Å². The van der Waals surface area contributed by atoms with Crippen LogP contribution >= 0.6 is 23.2 Å². The largest absolute Gasteiger partial charge is 0.383 e. The van der Waals surface area contributed by atoms with Crippen LogP contribution < -0.4 is 5.32 Å². The Hall–Kier alpha value is -1.23. The lowest BCUT2D eigenvalue weighted by molar-refractivity contribution is 0.163. The van der Waals surface area contributed by atoms with Crippen molar-refractivity contribution in [2.45, 2.75) is 13.0 Å². The van der Waals surface area contributed by atoms with Crippen molar-refractivity contribution < 1.29 is 4.74 Å². The second kappa shape index (κ2) is 6.28. The molecule has 0 saturated heterocycles. The van der Waals surface area contributed by atoms with Gasteiger partial charge >= 0.3 is 0 Å². The second-order valence-electron chi connectivity index (χ2n) is 4.19. The number of aromatic nitrogens is 2. The van der Waals surface area contributed by atoms with Crippen LogP contribution in [0, 0.1) is 0 Å². The lowest BCUT2D eigenvalue weighted by Crippen LogP contribution is -2.12. The molecule has 1 heterocycles. The molecule has 1 aromatic heterocycles. The standard InChI is InChI=1S/C13H15Cl2N3O/c1-9(8-19-2)18-7-6-16-13(18)17-11-5-3-4-10(14)12(11)15/h3-7,9H,8H2,1-2H3,(H,16,17). The number of anilines is 2. The van der Waals surface area contributed by atoms with E-state index >= 15 is 0 Å². The van der Waals surface area contributed by atoms with Gasteiger partial charge in [0.25, 0.3) is 0 Å². The predicted molar refractivity (Wildman–Crippen MR) is 78.6 cm³/mol. The third kappa shape index (κ3) is 3.21. The average Bonchev–Trinajstić information content (AvgIpc) is 2.83. The minimum Gasteiger partial charge on any atom is -0.383 e. The molecule has 0 fully saturated rings. The van der Waals surface area contributed by atoms with E-state index in [1.165, 1.54) is 0 Å². The van der Waals surface area contributed by atoms with E-state index in [-0.39, 0.29) is 6.04 Å². The highest BCUT2D eigenvalue weighted by Gasteiger charge is 2.12. The van der Waals surface area contributed by atoms with E-state index in [2.05, 4.69) is 17.2 Å². The fraction of sp³-hybridized carbons (Fsp3) is 0.308. The first-order chi connectivity index (χ1) is 9.13. The molecule has 1 atom stereocenters. The van der Waals surface area contributed by atoms with Crippen molar-refractivity contribution in [3.63, 3.8) is 0 Å². The number of methoxy groups -OCH3 is 1. The van der Waals surface area contributed by atoms with Gasteiger partial charge in [-0.3, -0.25) is 0 Å². The third-order valence-electron chi connectivity index (χ3n) is 2.75. The zero-order chi connectivity index (χ0) is 13.8. The summed E-state index contributed by atoms with van der Waals surface area (Å²) in [6.07, 6.45) is 3.62. The molecule has 0 saturated carbocycles. The minimum absolute atomic E-state index is 0.174. The molecule has 0 amide bonds. The molecule has 102 valence electrons. The highest BCUT2D eigenvalue weighted by Crippen LogP contribution is 2.31. The molecule has 2 rings (SSSR count). The molecule has 0 aliphatic carbocycles. The van der Waals surface area contributed by atoms with Gasteiger partial charge in [0.05, 0.1) is 28.4 Å². The number of nitrogens with one attached hydrogen (secondary N) is 1. The maximum atomic E-state index is 6.15. The zero-order valence-electron chi connectivity index (χ0n) is 10.7. The van der Waals surface area contributed by atoms with Gasteiger partial charge < -0.3 is 14.6 Å². The number of nitrogens with zero attached hydrogens (tertiary/aromatic N) is 2. The van der Waals surface area contributed by atoms with Gasteiger partial charge in [-0.1, -0.05) is 29.3 Å². The molecule has 0 radical (unpaired) electrons. The summed E-state index contributed by atoms with van der Waals surface area (Å²) in [5.74, 6) is 0.703. The van der Waals surface area contributed by atoms with Gasteiger partial charge in [-0.2, -0.15) is 0 Å². The van der Waals surface area contributed by atoms with E-state index in [4.69, 9.17) is 27.9 Å². The Balaban J connectivity index is 2.24. The van der Waals surface area contributed by atoms with Gasteiger partial charge in [0.2, 0.25) is 5.95 Å². The number of imidazole rings is 1. The Morgan fingerprint density at radius 1 is 1.42 bits per heavy atom. The summed E-state index contributed by atoms with van der Waals surface area (Å²) in [5, 5.41) is 4.17. The number of rotatable bonds is 5. The van der Waals surface area contributed by atoms with Gasteiger partial charge in [0, 0.05) is 19.5 Å². The summed E-state index contributed by atoms with van der Waals surface area (Å²) >= 11 is 12.1. The molecule has 1 N–H and O–H groups in total. The molecule has 19 heavy (non-hydrogen) atoms. The van der Waals surface area contributed by atoms with Gasteiger partial charge in [-0.25, -0.2) is 4.98 Å². The third-order valence-corrected chi connectivity index (χ3v) is 3.57. The van der Waals surface area contributed by atoms with Crippen LogP contribution in [0.4, 0.5) is 11.6 Å². The fourth-order valence-electron chi connectivity index (χ4n) is 1.81. The fourth-order valence-corrected chi connectivity index (χ4v) is 2.16. The van der Waals surface area contributed by atoms with Gasteiger partial charge in [-0.05, 0) is 19.1 Å². The first-order valence-electron chi connectivity index (χ1n) is 5.86. The van der Waals surface area contributed by atoms with Crippen LogP contribution in [0.2, 0.25) is 10.0 Å². The molecule has 0 bridgehead atoms. The van der Waals surface area contributed by atoms with Crippen LogP contribution in [0.3, 0.4) is 0 Å². The summed E-state index contributed by atoms with van der Waals surface area (Å²) in [4.78, 5) is 4.28. The van der Waals surface area contributed by atoms with Gasteiger partial charge in [-0.15, -0.1) is 0 Å². The summed E-state index contributed by atoms with van der Waals surface area (Å²) in [6, 6.07) is 5.61. The zero-order valence-corrected chi connectivity index (χ0v) is 12.2. The van der Waals surface area contributed by atoms with E-state index in [0.717, 1.165) is 5.69 Å². The Morgan fingerprint density at radius 2 is 2.21 bits per heavy atom. The molecule has 0 aliphatic heterocycles. The van der Waals surface area contributed by atoms with Crippen LogP contribution in [0.1, 0.15) is 13.0 Å². The first-order valence-corrected chi connectivity index (χ1v) is 6.62. The topological polar surface area (TPSA) is 39.1 Å². The molecular formula is C13H15Cl2N3O. The quantitative estimate of drug-likeness (QED) is 0.902. The van der Waals surface area contributed by atoms with E-state index in [1.807, 2.05) is 22.9 Å². The van der Waals surface area contributed by atoms with Crippen molar-refractivity contribution in [1.82, 2.24) is 9.55 Å². The Kier molecular flexibility index (Phi) is 4.69. The second-order valence-corrected chi connectivity index (χ2v) is 4.97. The number of hydrogen-bond donors (Lipinski definition) is 1. The summed E-state index contributed by atoms with van der Waals surface area (Å²) in [7, 11) is 1.67. The molecule has 1 unspecified atom stereocenters. The SMILES string of the molecule is COCC(C)n1ccnc1Nc1cccc(Cl)c1Cl. The summed E-state index contributed by atoms with van der Waals surface area (Å²) in [5.41, 5.74) is 0.728. The van der Waals surface area contributed by atoms with Gasteiger partial charge in [0.15, 0.2) is 0 Å².